The van der Waals surface area contributed by atoms with Gasteiger partial charge >= 0.3 is 24.1 Å². The summed E-state index contributed by atoms with van der Waals surface area (Å²) < 4.78 is 54.6. The number of hydrogen-bond donors (Lipinski definition) is 2. The van der Waals surface area contributed by atoms with Crippen LogP contribution >= 0.6 is 0 Å². The van der Waals surface area contributed by atoms with Crippen molar-refractivity contribution < 1.29 is 56.8 Å². The molecule has 2 aliphatic carbocycles. The molecule has 1 spiro atoms. The van der Waals surface area contributed by atoms with E-state index in [9.17, 15) is 42.6 Å². The van der Waals surface area contributed by atoms with Gasteiger partial charge in [0.1, 0.15) is 11.5 Å². The van der Waals surface area contributed by atoms with Crippen LogP contribution in [0.1, 0.15) is 134 Å². The second kappa shape index (κ2) is 18.5. The summed E-state index contributed by atoms with van der Waals surface area (Å²) in [4.78, 5) is 52.8. The van der Waals surface area contributed by atoms with Gasteiger partial charge in [-0.15, -0.1) is 0 Å². The number of likely N-dealkylation sites (tertiary alicyclic amines) is 1. The van der Waals surface area contributed by atoms with E-state index in [2.05, 4.69) is 28.7 Å². The molecule has 10 nitrogen and oxygen atoms in total. The highest BCUT2D eigenvalue weighted by atomic mass is 19.4. The molecule has 1 aromatic carbocycles. The van der Waals surface area contributed by atoms with Crippen LogP contribution in [0.4, 0.5) is 13.2 Å². The second-order valence-electron chi connectivity index (χ2n) is 15.8. The van der Waals surface area contributed by atoms with Crippen molar-refractivity contribution in [2.75, 3.05) is 13.6 Å². The van der Waals surface area contributed by atoms with Crippen LogP contribution in [0.2, 0.25) is 0 Å². The van der Waals surface area contributed by atoms with E-state index in [1.54, 1.807) is 6.07 Å². The van der Waals surface area contributed by atoms with Gasteiger partial charge in [0.25, 0.3) is 0 Å². The van der Waals surface area contributed by atoms with E-state index >= 15 is 0 Å². The number of piperidine rings is 1. The standard InChI is InChI=1S/C42H56F3NO9/c1-3-4-5-6-7-8-9-10-11-12-13-14-15-16-17-18-30(47)25-29(27-34(49)54-39(51)42(43,44)45)38(50)53-32-21-22-41(52)33-26-28-19-20-31(48)36-35(28)40(41,37(32)55-36)23-24-46(33)2/h10-11,19-21,29,33,37,48,52H,3-9,12-18,22-27H2,1-2H3/b11-10-/t29-,33+,37-,40-,41+/m0/s1. The maximum atomic E-state index is 13.8. The number of carbonyl (C=O) groups excluding carboxylic acids is 4. The number of carbonyl (C=O) groups is 4. The number of phenols is 1. The molecule has 13 heteroatoms. The molecule has 5 rings (SSSR count). The number of nitrogens with zero attached hydrogens (tertiary/aromatic N) is 1. The summed E-state index contributed by atoms with van der Waals surface area (Å²) in [6.45, 7) is 2.79. The second-order valence-corrected chi connectivity index (χ2v) is 15.8. The van der Waals surface area contributed by atoms with E-state index in [1.807, 2.05) is 7.05 Å². The number of ketones is 1. The number of likely N-dealkylation sites (N-methyl/N-ethyl adjacent to an activating group) is 1. The number of ether oxygens (including phenoxy) is 3. The fraction of sp³-hybridized carbons (Fsp3) is 0.667. The molecule has 1 saturated heterocycles. The minimum atomic E-state index is -5.43. The first kappa shape index (κ1) is 42.4. The van der Waals surface area contributed by atoms with Gasteiger partial charge in [-0.25, -0.2) is 4.79 Å². The fourth-order valence-corrected chi connectivity index (χ4v) is 9.05. The third-order valence-corrected chi connectivity index (χ3v) is 11.9. The zero-order chi connectivity index (χ0) is 39.8. The number of aliphatic hydroxyl groups is 1. The van der Waals surface area contributed by atoms with Crippen LogP contribution in [-0.2, 0) is 40.5 Å². The number of allylic oxidation sites excluding steroid dienone is 2. The highest BCUT2D eigenvalue weighted by Gasteiger charge is 2.72. The fourth-order valence-electron chi connectivity index (χ4n) is 9.05. The Hall–Kier alpha value is -3.71. The van der Waals surface area contributed by atoms with Crippen molar-refractivity contribution in [2.45, 2.75) is 158 Å². The highest BCUT2D eigenvalue weighted by molar-refractivity contribution is 5.92. The molecule has 1 aromatic rings. The number of alkyl halides is 3. The average Bonchev–Trinajstić information content (AvgIpc) is 3.49. The lowest BCUT2D eigenvalue weighted by molar-refractivity contribution is -0.202. The lowest BCUT2D eigenvalue weighted by Crippen LogP contribution is -2.74. The molecule has 2 aliphatic heterocycles. The van der Waals surface area contributed by atoms with Gasteiger partial charge in [0.2, 0.25) is 0 Å². The summed E-state index contributed by atoms with van der Waals surface area (Å²) >= 11 is 0. The maximum Gasteiger partial charge on any atom is 0.491 e. The number of halogens is 3. The summed E-state index contributed by atoms with van der Waals surface area (Å²) in [6, 6.07) is 3.01. The lowest BCUT2D eigenvalue weighted by atomic mass is 9.50. The zero-order valence-electron chi connectivity index (χ0n) is 32.1. The first-order valence-electron chi connectivity index (χ1n) is 20.1. The molecule has 304 valence electrons. The largest absolute Gasteiger partial charge is 0.504 e. The SMILES string of the molecule is CCCCCCCC/C=C\CCCCCCCC(=O)C[C@@H](CC(=O)OC(=O)C(F)(F)F)C(=O)OC1=CC[C@@]2(O)[C@H]3Cc4ccc(O)c5c4[C@@]2(CCN3C)[C@H]1O5. The first-order valence-corrected chi connectivity index (χ1v) is 20.1. The van der Waals surface area contributed by atoms with Gasteiger partial charge in [0, 0.05) is 30.9 Å². The molecule has 55 heavy (non-hydrogen) atoms. The molecule has 1 fully saturated rings. The minimum absolute atomic E-state index is 0.0101. The number of unbranched alkanes of at least 4 members (excludes halogenated alkanes) is 11. The van der Waals surface area contributed by atoms with E-state index < -0.39 is 60.0 Å². The molecule has 0 saturated carbocycles. The van der Waals surface area contributed by atoms with Crippen LogP contribution in [-0.4, -0.2) is 76.3 Å². The van der Waals surface area contributed by atoms with Crippen molar-refractivity contribution in [2.24, 2.45) is 5.92 Å². The third-order valence-electron chi connectivity index (χ3n) is 11.9. The summed E-state index contributed by atoms with van der Waals surface area (Å²) in [5.41, 5.74) is -0.871. The normalized spacial score (nSPS) is 24.5. The summed E-state index contributed by atoms with van der Waals surface area (Å²) in [7, 11) is 1.92. The Morgan fingerprint density at radius 1 is 0.982 bits per heavy atom. The Morgan fingerprint density at radius 3 is 2.31 bits per heavy atom. The minimum Gasteiger partial charge on any atom is -0.504 e. The monoisotopic (exact) mass is 775 g/mol. The van der Waals surface area contributed by atoms with E-state index in [0.717, 1.165) is 44.1 Å². The molecule has 4 aliphatic rings. The van der Waals surface area contributed by atoms with Gasteiger partial charge in [-0.2, -0.15) is 13.2 Å². The third kappa shape index (κ3) is 9.47. The molecule has 2 heterocycles. The Morgan fingerprint density at radius 2 is 1.64 bits per heavy atom. The number of benzene rings is 1. The number of phenolic OH excluding ortho intramolecular Hbond substituents is 1. The van der Waals surface area contributed by atoms with Gasteiger partial charge in [-0.1, -0.05) is 76.5 Å². The van der Waals surface area contributed by atoms with Crippen molar-refractivity contribution in [3.8, 4) is 11.5 Å². The first-order chi connectivity index (χ1) is 26.2. The van der Waals surface area contributed by atoms with Crippen molar-refractivity contribution in [3.63, 3.8) is 0 Å². The van der Waals surface area contributed by atoms with Crippen molar-refractivity contribution in [3.05, 3.63) is 47.2 Å². The number of esters is 3. The van der Waals surface area contributed by atoms with Crippen LogP contribution in [0.15, 0.2) is 36.1 Å². The molecule has 2 bridgehead atoms. The Kier molecular flexibility index (Phi) is 14.3. The Labute approximate surface area is 321 Å². The Balaban J connectivity index is 1.17. The Bertz CT molecular complexity index is 1620. The summed E-state index contributed by atoms with van der Waals surface area (Å²) in [5, 5.41) is 23.1. The van der Waals surface area contributed by atoms with Crippen LogP contribution in [0, 0.1) is 5.92 Å². The van der Waals surface area contributed by atoms with Crippen LogP contribution in [0.5, 0.6) is 11.5 Å². The number of hydrogen-bond acceptors (Lipinski definition) is 10. The van der Waals surface area contributed by atoms with Crippen molar-refractivity contribution >= 4 is 23.7 Å². The molecular formula is C42H56F3NO9. The van der Waals surface area contributed by atoms with E-state index in [-0.39, 0.29) is 41.9 Å². The number of aromatic hydroxyl groups is 1. The summed E-state index contributed by atoms with van der Waals surface area (Å²) in [5.74, 6) is -7.29. The average molecular weight is 776 g/mol. The van der Waals surface area contributed by atoms with Crippen molar-refractivity contribution in [1.82, 2.24) is 4.90 Å². The summed E-state index contributed by atoms with van der Waals surface area (Å²) in [6.07, 6.45) is 13.1. The molecule has 2 N–H and O–H groups in total. The predicted octanol–water partition coefficient (Wildman–Crippen LogP) is 7.85. The molecule has 0 amide bonds. The van der Waals surface area contributed by atoms with Crippen molar-refractivity contribution in [1.29, 1.82) is 0 Å². The quantitative estimate of drug-likeness (QED) is 0.0550. The molecule has 0 aromatic heterocycles. The van der Waals surface area contributed by atoms with E-state index in [0.29, 0.717) is 31.4 Å². The molecule has 0 unspecified atom stereocenters. The maximum absolute atomic E-state index is 13.8. The predicted molar refractivity (Wildman–Crippen MR) is 197 cm³/mol. The number of Topliss-reactive ketones (excluding diaryl/α,β-unsaturated/α-hetero) is 1. The van der Waals surface area contributed by atoms with Crippen LogP contribution in [0.3, 0.4) is 0 Å². The van der Waals surface area contributed by atoms with Gasteiger partial charge in [0.05, 0.1) is 23.4 Å². The van der Waals surface area contributed by atoms with Gasteiger partial charge in [0.15, 0.2) is 17.6 Å². The van der Waals surface area contributed by atoms with Gasteiger partial charge in [-0.05, 0) is 76.2 Å². The van der Waals surface area contributed by atoms with E-state index in [4.69, 9.17) is 9.47 Å². The zero-order valence-corrected chi connectivity index (χ0v) is 32.1. The highest BCUT2D eigenvalue weighted by Crippen LogP contribution is 2.65. The molecule has 5 atom stereocenters. The lowest BCUT2D eigenvalue weighted by Gasteiger charge is -2.61. The molecule has 0 radical (unpaired) electrons. The number of rotatable bonds is 21. The van der Waals surface area contributed by atoms with Gasteiger partial charge < -0.3 is 29.3 Å². The van der Waals surface area contributed by atoms with E-state index in [1.165, 1.54) is 50.7 Å². The van der Waals surface area contributed by atoms with Gasteiger partial charge in [-0.3, -0.25) is 14.4 Å². The van der Waals surface area contributed by atoms with Crippen LogP contribution < -0.4 is 4.74 Å². The van der Waals surface area contributed by atoms with Crippen LogP contribution in [0.25, 0.3) is 0 Å². The molecular weight excluding hydrogens is 719 g/mol. The smallest absolute Gasteiger partial charge is 0.491 e. The topological polar surface area (TPSA) is 140 Å².